The van der Waals surface area contributed by atoms with Crippen LogP contribution >= 0.6 is 11.6 Å². The van der Waals surface area contributed by atoms with Gasteiger partial charge in [0.2, 0.25) is 0 Å². The Labute approximate surface area is 115 Å². The summed E-state index contributed by atoms with van der Waals surface area (Å²) in [7, 11) is 3.94. The van der Waals surface area contributed by atoms with Gasteiger partial charge in [0.15, 0.2) is 0 Å². The molecule has 0 saturated carbocycles. The lowest BCUT2D eigenvalue weighted by Gasteiger charge is -2.11. The Bertz CT molecular complexity index is 608. The maximum Gasteiger partial charge on any atom is 0.353 e. The molecular weight excluding hydrogens is 266 g/mol. The van der Waals surface area contributed by atoms with Crippen molar-refractivity contribution in [3.05, 3.63) is 40.5 Å². The molecule has 100 valence electrons. The summed E-state index contributed by atoms with van der Waals surface area (Å²) in [5.74, 6) is -1.03. The first-order valence-corrected chi connectivity index (χ1v) is 6.07. The Morgan fingerprint density at radius 1 is 1.42 bits per heavy atom. The quantitative estimate of drug-likeness (QED) is 0.902. The van der Waals surface area contributed by atoms with Crippen molar-refractivity contribution in [2.75, 3.05) is 14.1 Å². The van der Waals surface area contributed by atoms with Crippen LogP contribution in [-0.2, 0) is 6.54 Å². The third kappa shape index (κ3) is 3.13. The van der Waals surface area contributed by atoms with Crippen molar-refractivity contribution < 1.29 is 9.90 Å². The van der Waals surface area contributed by atoms with Crippen LogP contribution in [0, 0.1) is 0 Å². The minimum Gasteiger partial charge on any atom is -0.477 e. The van der Waals surface area contributed by atoms with E-state index in [2.05, 4.69) is 10.2 Å². The number of carbonyl (C=O) groups is 1. The molecule has 0 radical (unpaired) electrons. The molecule has 1 aromatic heterocycles. The van der Waals surface area contributed by atoms with Crippen molar-refractivity contribution in [1.82, 2.24) is 15.1 Å². The van der Waals surface area contributed by atoms with Crippen LogP contribution in [0.3, 0.4) is 0 Å². The third-order valence-electron chi connectivity index (χ3n) is 2.64. The highest BCUT2D eigenvalue weighted by atomic mass is 35.5. The second-order valence-electron chi connectivity index (χ2n) is 4.52. The van der Waals surface area contributed by atoms with Crippen LogP contribution < -0.4 is 0 Å². The second kappa shape index (κ2) is 5.42. The number of aromatic amines is 1. The molecular formula is C13H14ClN3O2. The molecule has 0 aliphatic rings. The van der Waals surface area contributed by atoms with E-state index in [9.17, 15) is 4.79 Å². The van der Waals surface area contributed by atoms with Gasteiger partial charge in [-0.25, -0.2) is 4.79 Å². The van der Waals surface area contributed by atoms with Crippen LogP contribution in [0.25, 0.3) is 11.3 Å². The van der Waals surface area contributed by atoms with E-state index in [1.165, 1.54) is 6.07 Å². The van der Waals surface area contributed by atoms with Gasteiger partial charge in [0, 0.05) is 17.1 Å². The van der Waals surface area contributed by atoms with Crippen LogP contribution in [0.5, 0.6) is 0 Å². The van der Waals surface area contributed by atoms with E-state index in [4.69, 9.17) is 16.7 Å². The van der Waals surface area contributed by atoms with Crippen molar-refractivity contribution in [3.8, 4) is 11.3 Å². The molecule has 0 atom stereocenters. The first kappa shape index (κ1) is 13.6. The molecule has 5 nitrogen and oxygen atoms in total. The summed E-state index contributed by atoms with van der Waals surface area (Å²) in [5.41, 5.74) is 2.43. The molecule has 0 saturated heterocycles. The summed E-state index contributed by atoms with van der Waals surface area (Å²) >= 11 is 6.21. The Kier molecular flexibility index (Phi) is 3.87. The summed E-state index contributed by atoms with van der Waals surface area (Å²) in [6.07, 6.45) is 0. The topological polar surface area (TPSA) is 69.2 Å². The van der Waals surface area contributed by atoms with Crippen LogP contribution in [-0.4, -0.2) is 40.3 Å². The number of benzene rings is 1. The Balaban J connectivity index is 2.30. The number of hydrogen-bond acceptors (Lipinski definition) is 3. The van der Waals surface area contributed by atoms with Crippen molar-refractivity contribution in [1.29, 1.82) is 0 Å². The number of aromatic nitrogens is 2. The van der Waals surface area contributed by atoms with Gasteiger partial charge in [-0.3, -0.25) is 5.10 Å². The number of nitrogens with one attached hydrogen (secondary N) is 1. The summed E-state index contributed by atoms with van der Waals surface area (Å²) < 4.78 is 0. The van der Waals surface area contributed by atoms with Crippen molar-refractivity contribution >= 4 is 17.6 Å². The number of nitrogens with zero attached hydrogens (tertiary/aromatic N) is 2. The van der Waals surface area contributed by atoms with Gasteiger partial charge >= 0.3 is 5.97 Å². The molecule has 2 N–H and O–H groups in total. The average molecular weight is 280 g/mol. The highest BCUT2D eigenvalue weighted by Gasteiger charge is 2.11. The molecule has 19 heavy (non-hydrogen) atoms. The van der Waals surface area contributed by atoms with Gasteiger partial charge in [-0.05, 0) is 31.8 Å². The van der Waals surface area contributed by atoms with Gasteiger partial charge in [0.25, 0.3) is 0 Å². The molecule has 0 aliphatic heterocycles. The molecule has 1 heterocycles. The normalized spacial score (nSPS) is 10.9. The highest BCUT2D eigenvalue weighted by Crippen LogP contribution is 2.25. The van der Waals surface area contributed by atoms with Gasteiger partial charge in [-0.1, -0.05) is 23.7 Å². The minimum absolute atomic E-state index is 0.0588. The molecule has 0 amide bonds. The van der Waals surface area contributed by atoms with Crippen LogP contribution in [0.15, 0.2) is 24.3 Å². The SMILES string of the molecule is CN(C)Cc1ccc(-c2cc(C(=O)O)[nH]n2)cc1Cl. The van der Waals surface area contributed by atoms with Crippen molar-refractivity contribution in [2.24, 2.45) is 0 Å². The smallest absolute Gasteiger partial charge is 0.353 e. The molecule has 6 heteroatoms. The third-order valence-corrected chi connectivity index (χ3v) is 3.00. The summed E-state index contributed by atoms with van der Waals surface area (Å²) in [6, 6.07) is 7.08. The standard InChI is InChI=1S/C13H14ClN3O2/c1-17(2)7-9-4-3-8(5-10(9)14)11-6-12(13(18)19)16-15-11/h3-6H,7H2,1-2H3,(H,15,16)(H,18,19). The van der Waals surface area contributed by atoms with E-state index in [0.29, 0.717) is 10.7 Å². The lowest BCUT2D eigenvalue weighted by molar-refractivity contribution is 0.0690. The van der Waals surface area contributed by atoms with Gasteiger partial charge in [-0.2, -0.15) is 5.10 Å². The van der Waals surface area contributed by atoms with Crippen molar-refractivity contribution in [2.45, 2.75) is 6.54 Å². The van der Waals surface area contributed by atoms with Gasteiger partial charge < -0.3 is 10.0 Å². The number of carboxylic acid groups (broad SMARTS) is 1. The predicted octanol–water partition coefficient (Wildman–Crippen LogP) is 2.49. The number of rotatable bonds is 4. The van der Waals surface area contributed by atoms with E-state index in [-0.39, 0.29) is 5.69 Å². The fraction of sp³-hybridized carbons (Fsp3) is 0.231. The molecule has 2 aromatic rings. The van der Waals surface area contributed by atoms with E-state index < -0.39 is 5.97 Å². The van der Waals surface area contributed by atoms with Gasteiger partial charge in [0.05, 0.1) is 5.69 Å². The maximum atomic E-state index is 10.8. The first-order valence-electron chi connectivity index (χ1n) is 5.69. The summed E-state index contributed by atoms with van der Waals surface area (Å²) in [5, 5.41) is 15.9. The number of H-pyrrole nitrogens is 1. The molecule has 1 aromatic carbocycles. The lowest BCUT2D eigenvalue weighted by atomic mass is 10.1. The first-order chi connectivity index (χ1) is 8.97. The van der Waals surface area contributed by atoms with E-state index in [1.54, 1.807) is 6.07 Å². The molecule has 0 fully saturated rings. The predicted molar refractivity (Wildman–Crippen MR) is 73.4 cm³/mol. The average Bonchev–Trinajstić information content (AvgIpc) is 2.80. The molecule has 2 rings (SSSR count). The Morgan fingerprint density at radius 3 is 2.68 bits per heavy atom. The van der Waals surface area contributed by atoms with Crippen LogP contribution in [0.1, 0.15) is 16.1 Å². The van der Waals surface area contributed by atoms with Gasteiger partial charge in [-0.15, -0.1) is 0 Å². The zero-order valence-corrected chi connectivity index (χ0v) is 11.4. The summed E-state index contributed by atoms with van der Waals surface area (Å²) in [6.45, 7) is 0.750. The largest absolute Gasteiger partial charge is 0.477 e. The monoisotopic (exact) mass is 279 g/mol. The zero-order valence-electron chi connectivity index (χ0n) is 10.6. The van der Waals surface area contributed by atoms with Crippen LogP contribution in [0.4, 0.5) is 0 Å². The number of aromatic carboxylic acids is 1. The van der Waals surface area contributed by atoms with Gasteiger partial charge in [0.1, 0.15) is 5.69 Å². The molecule has 0 aliphatic carbocycles. The minimum atomic E-state index is -1.03. The van der Waals surface area contributed by atoms with E-state index in [1.807, 2.05) is 31.1 Å². The highest BCUT2D eigenvalue weighted by molar-refractivity contribution is 6.31. The Morgan fingerprint density at radius 2 is 2.16 bits per heavy atom. The van der Waals surface area contributed by atoms with Crippen molar-refractivity contribution in [3.63, 3.8) is 0 Å². The maximum absolute atomic E-state index is 10.8. The lowest BCUT2D eigenvalue weighted by Crippen LogP contribution is -2.10. The van der Waals surface area contributed by atoms with E-state index in [0.717, 1.165) is 17.7 Å². The zero-order chi connectivity index (χ0) is 14.0. The Hall–Kier alpha value is -1.85. The molecule has 0 spiro atoms. The number of hydrogen-bond donors (Lipinski definition) is 2. The summed E-state index contributed by atoms with van der Waals surface area (Å²) in [4.78, 5) is 12.8. The fourth-order valence-corrected chi connectivity index (χ4v) is 2.00. The van der Waals surface area contributed by atoms with E-state index >= 15 is 0 Å². The number of carboxylic acids is 1. The molecule has 0 bridgehead atoms. The second-order valence-corrected chi connectivity index (χ2v) is 4.92. The fourth-order valence-electron chi connectivity index (χ4n) is 1.75. The molecule has 0 unspecified atom stereocenters. The number of halogens is 1. The van der Waals surface area contributed by atoms with Crippen LogP contribution in [0.2, 0.25) is 5.02 Å².